The molecule has 1 saturated heterocycles. The minimum atomic E-state index is 0.612. The van der Waals surface area contributed by atoms with Crippen molar-refractivity contribution in [2.45, 2.75) is 18.9 Å². The molecule has 1 fully saturated rings. The van der Waals surface area contributed by atoms with Crippen molar-refractivity contribution in [2.24, 2.45) is 0 Å². The summed E-state index contributed by atoms with van der Waals surface area (Å²) in [6.45, 7) is 3.19. The molecule has 0 aliphatic carbocycles. The molecule has 2 rings (SSSR count). The Morgan fingerprint density at radius 2 is 2.31 bits per heavy atom. The minimum Gasteiger partial charge on any atom is -0.316 e. The average Bonchev–Trinajstić information content (AvgIpc) is 2.65. The zero-order valence-electron chi connectivity index (χ0n) is 9.96. The molecule has 1 N–H and O–H groups in total. The van der Waals surface area contributed by atoms with Gasteiger partial charge in [0.1, 0.15) is 0 Å². The second-order valence-electron chi connectivity index (χ2n) is 4.63. The van der Waals surface area contributed by atoms with E-state index < -0.39 is 0 Å². The summed E-state index contributed by atoms with van der Waals surface area (Å²) in [5, 5.41) is 4.06. The highest BCUT2D eigenvalue weighted by Crippen LogP contribution is 2.31. The van der Waals surface area contributed by atoms with Gasteiger partial charge in [0.25, 0.3) is 0 Å². The van der Waals surface area contributed by atoms with Crippen molar-refractivity contribution in [3.05, 3.63) is 34.3 Å². The first-order chi connectivity index (χ1) is 7.70. The van der Waals surface area contributed by atoms with E-state index in [1.807, 2.05) is 7.05 Å². The molecular formula is C13H19ClN2. The van der Waals surface area contributed by atoms with Crippen molar-refractivity contribution in [1.29, 1.82) is 0 Å². The first-order valence-corrected chi connectivity index (χ1v) is 6.20. The Labute approximate surface area is 103 Å². The van der Waals surface area contributed by atoms with Gasteiger partial charge in [0.2, 0.25) is 0 Å². The predicted molar refractivity (Wildman–Crippen MR) is 69.1 cm³/mol. The van der Waals surface area contributed by atoms with Crippen LogP contribution < -0.4 is 5.32 Å². The smallest absolute Gasteiger partial charge is 0.0444 e. The van der Waals surface area contributed by atoms with Gasteiger partial charge in [-0.25, -0.2) is 0 Å². The molecular weight excluding hydrogens is 220 g/mol. The Hall–Kier alpha value is -0.570. The van der Waals surface area contributed by atoms with Gasteiger partial charge in [0.15, 0.2) is 0 Å². The quantitative estimate of drug-likeness (QED) is 0.871. The molecule has 0 saturated carbocycles. The molecule has 3 heteroatoms. The van der Waals surface area contributed by atoms with Gasteiger partial charge < -0.3 is 10.2 Å². The highest BCUT2D eigenvalue weighted by Gasteiger charge is 2.22. The van der Waals surface area contributed by atoms with Crippen LogP contribution in [0.5, 0.6) is 0 Å². The SMILES string of the molecule is CNCc1ccc(C2CCN(C)C2)c(Cl)c1. The van der Waals surface area contributed by atoms with Gasteiger partial charge in [-0.1, -0.05) is 23.7 Å². The fraction of sp³-hybridized carbons (Fsp3) is 0.538. The van der Waals surface area contributed by atoms with Gasteiger partial charge in [-0.2, -0.15) is 0 Å². The monoisotopic (exact) mass is 238 g/mol. The van der Waals surface area contributed by atoms with Crippen molar-refractivity contribution in [3.63, 3.8) is 0 Å². The molecule has 0 amide bonds. The molecule has 0 bridgehead atoms. The van der Waals surface area contributed by atoms with E-state index >= 15 is 0 Å². The molecule has 1 unspecified atom stereocenters. The van der Waals surface area contributed by atoms with E-state index in [4.69, 9.17) is 11.6 Å². The fourth-order valence-corrected chi connectivity index (χ4v) is 2.76. The van der Waals surface area contributed by atoms with Crippen molar-refractivity contribution in [1.82, 2.24) is 10.2 Å². The molecule has 0 radical (unpaired) electrons. The molecule has 1 aliphatic rings. The Kier molecular flexibility index (Phi) is 3.85. The van der Waals surface area contributed by atoms with Crippen LogP contribution in [0.2, 0.25) is 5.02 Å². The summed E-state index contributed by atoms with van der Waals surface area (Å²) >= 11 is 6.35. The lowest BCUT2D eigenvalue weighted by molar-refractivity contribution is 0.411. The number of hydrogen-bond acceptors (Lipinski definition) is 2. The van der Waals surface area contributed by atoms with Crippen LogP contribution in [0.4, 0.5) is 0 Å². The summed E-state index contributed by atoms with van der Waals surface area (Å²) in [7, 11) is 4.12. The Morgan fingerprint density at radius 3 is 2.88 bits per heavy atom. The van der Waals surface area contributed by atoms with Crippen LogP contribution in [0.3, 0.4) is 0 Å². The number of nitrogens with zero attached hydrogens (tertiary/aromatic N) is 1. The minimum absolute atomic E-state index is 0.612. The number of likely N-dealkylation sites (N-methyl/N-ethyl adjacent to an activating group) is 1. The first kappa shape index (κ1) is 11.9. The van der Waals surface area contributed by atoms with Crippen LogP contribution in [-0.4, -0.2) is 32.1 Å². The average molecular weight is 239 g/mol. The van der Waals surface area contributed by atoms with E-state index in [1.54, 1.807) is 0 Å². The maximum Gasteiger partial charge on any atom is 0.0444 e. The second-order valence-corrected chi connectivity index (χ2v) is 5.04. The van der Waals surface area contributed by atoms with Crippen LogP contribution in [0.25, 0.3) is 0 Å². The lowest BCUT2D eigenvalue weighted by atomic mass is 9.97. The summed E-state index contributed by atoms with van der Waals surface area (Å²) < 4.78 is 0. The highest BCUT2D eigenvalue weighted by atomic mass is 35.5. The molecule has 2 nitrogen and oxygen atoms in total. The number of rotatable bonds is 3. The second kappa shape index (κ2) is 5.17. The first-order valence-electron chi connectivity index (χ1n) is 5.82. The normalized spacial score (nSPS) is 21.6. The van der Waals surface area contributed by atoms with E-state index in [-0.39, 0.29) is 0 Å². The maximum absolute atomic E-state index is 6.35. The van der Waals surface area contributed by atoms with Crippen molar-refractivity contribution >= 4 is 11.6 Å². The summed E-state index contributed by atoms with van der Waals surface area (Å²) in [6, 6.07) is 6.46. The number of likely N-dealkylation sites (tertiary alicyclic amines) is 1. The summed E-state index contributed by atoms with van der Waals surface area (Å²) in [6.07, 6.45) is 1.22. The molecule has 1 aliphatic heterocycles. The largest absolute Gasteiger partial charge is 0.316 e. The Morgan fingerprint density at radius 1 is 1.50 bits per heavy atom. The van der Waals surface area contributed by atoms with E-state index in [9.17, 15) is 0 Å². The maximum atomic E-state index is 6.35. The predicted octanol–water partition coefficient (Wildman–Crippen LogP) is 2.48. The summed E-state index contributed by atoms with van der Waals surface area (Å²) in [5.41, 5.74) is 2.56. The van der Waals surface area contributed by atoms with Gasteiger partial charge in [-0.15, -0.1) is 0 Å². The summed E-state index contributed by atoms with van der Waals surface area (Å²) in [5.74, 6) is 0.612. The third kappa shape index (κ3) is 2.57. The van der Waals surface area contributed by atoms with Crippen molar-refractivity contribution < 1.29 is 0 Å². The van der Waals surface area contributed by atoms with Crippen molar-refractivity contribution in [2.75, 3.05) is 27.2 Å². The Bertz CT molecular complexity index is 365. The lowest BCUT2D eigenvalue weighted by Gasteiger charge is -2.13. The van der Waals surface area contributed by atoms with Crippen LogP contribution in [0, 0.1) is 0 Å². The number of benzene rings is 1. The van der Waals surface area contributed by atoms with E-state index in [2.05, 4.69) is 35.5 Å². The third-order valence-electron chi connectivity index (χ3n) is 3.28. The van der Waals surface area contributed by atoms with E-state index in [0.29, 0.717) is 5.92 Å². The molecule has 1 heterocycles. The summed E-state index contributed by atoms with van der Waals surface area (Å²) in [4.78, 5) is 2.36. The zero-order chi connectivity index (χ0) is 11.5. The third-order valence-corrected chi connectivity index (χ3v) is 3.60. The van der Waals surface area contributed by atoms with Gasteiger partial charge in [0.05, 0.1) is 0 Å². The highest BCUT2D eigenvalue weighted by molar-refractivity contribution is 6.31. The lowest BCUT2D eigenvalue weighted by Crippen LogP contribution is -2.13. The fourth-order valence-electron chi connectivity index (χ4n) is 2.40. The molecule has 0 spiro atoms. The van der Waals surface area contributed by atoms with Crippen LogP contribution in [0.1, 0.15) is 23.5 Å². The molecule has 1 aromatic carbocycles. The molecule has 0 aromatic heterocycles. The number of halogens is 1. The van der Waals surface area contributed by atoms with Crippen LogP contribution in [-0.2, 0) is 6.54 Å². The van der Waals surface area contributed by atoms with E-state index in [1.165, 1.54) is 24.1 Å². The van der Waals surface area contributed by atoms with Gasteiger partial charge >= 0.3 is 0 Å². The topological polar surface area (TPSA) is 15.3 Å². The number of nitrogens with one attached hydrogen (secondary N) is 1. The zero-order valence-corrected chi connectivity index (χ0v) is 10.7. The van der Waals surface area contributed by atoms with Gasteiger partial charge in [0, 0.05) is 18.1 Å². The van der Waals surface area contributed by atoms with Crippen LogP contribution in [0.15, 0.2) is 18.2 Å². The molecule has 88 valence electrons. The number of hydrogen-bond donors (Lipinski definition) is 1. The van der Waals surface area contributed by atoms with Gasteiger partial charge in [-0.3, -0.25) is 0 Å². The standard InChI is InChI=1S/C13H19ClN2/c1-15-8-10-3-4-12(13(14)7-10)11-5-6-16(2)9-11/h3-4,7,11,15H,5-6,8-9H2,1-2H3. The van der Waals surface area contributed by atoms with Gasteiger partial charge in [-0.05, 0) is 50.2 Å². The Balaban J connectivity index is 2.16. The van der Waals surface area contributed by atoms with Crippen LogP contribution >= 0.6 is 11.6 Å². The van der Waals surface area contributed by atoms with E-state index in [0.717, 1.165) is 18.1 Å². The van der Waals surface area contributed by atoms with Crippen molar-refractivity contribution in [3.8, 4) is 0 Å². The molecule has 1 aromatic rings. The molecule has 1 atom stereocenters. The molecule has 16 heavy (non-hydrogen) atoms.